The molecule has 4 rings (SSSR count). The van der Waals surface area contributed by atoms with E-state index in [1.165, 1.54) is 11.3 Å². The third-order valence-corrected chi connectivity index (χ3v) is 6.37. The Hall–Kier alpha value is -2.54. The smallest absolute Gasteiger partial charge is 0.260 e. The molecule has 5 nitrogen and oxygen atoms in total. The van der Waals surface area contributed by atoms with E-state index in [0.29, 0.717) is 12.1 Å². The molecule has 0 radical (unpaired) electrons. The SMILES string of the molecule is CN1CCN(CCCN(C(=O)c2ccccc2)c2nc(-c3ccccc3)cs2)CC1. The highest BCUT2D eigenvalue weighted by atomic mass is 32.1. The summed E-state index contributed by atoms with van der Waals surface area (Å²) in [6, 6.07) is 19.6. The number of hydrogen-bond donors (Lipinski definition) is 0. The van der Waals surface area contributed by atoms with Crippen LogP contribution in [0.15, 0.2) is 66.0 Å². The lowest BCUT2D eigenvalue weighted by Crippen LogP contribution is -2.45. The second kappa shape index (κ2) is 9.98. The zero-order chi connectivity index (χ0) is 20.8. The molecule has 0 atom stereocenters. The monoisotopic (exact) mass is 420 g/mol. The number of anilines is 1. The Labute approximate surface area is 182 Å². The van der Waals surface area contributed by atoms with Gasteiger partial charge in [0.2, 0.25) is 0 Å². The molecule has 2 aromatic carbocycles. The lowest BCUT2D eigenvalue weighted by Gasteiger charge is -2.32. The Bertz CT molecular complexity index is 936. The van der Waals surface area contributed by atoms with Crippen molar-refractivity contribution in [2.75, 3.05) is 51.2 Å². The first kappa shape index (κ1) is 20.7. The lowest BCUT2D eigenvalue weighted by atomic mass is 10.2. The van der Waals surface area contributed by atoms with Crippen LogP contribution in [0.2, 0.25) is 0 Å². The number of piperazine rings is 1. The van der Waals surface area contributed by atoms with Crippen LogP contribution >= 0.6 is 11.3 Å². The van der Waals surface area contributed by atoms with E-state index in [2.05, 4.69) is 29.0 Å². The van der Waals surface area contributed by atoms with Gasteiger partial charge in [-0.3, -0.25) is 9.69 Å². The average molecular weight is 421 g/mol. The van der Waals surface area contributed by atoms with Crippen LogP contribution in [0.25, 0.3) is 11.3 Å². The lowest BCUT2D eigenvalue weighted by molar-refractivity contribution is 0.0984. The molecule has 0 bridgehead atoms. The summed E-state index contributed by atoms with van der Waals surface area (Å²) in [5.41, 5.74) is 2.69. The number of nitrogens with zero attached hydrogens (tertiary/aromatic N) is 4. The number of likely N-dealkylation sites (N-methyl/N-ethyl adjacent to an activating group) is 1. The van der Waals surface area contributed by atoms with Crippen molar-refractivity contribution in [3.05, 3.63) is 71.6 Å². The highest BCUT2D eigenvalue weighted by Gasteiger charge is 2.21. The van der Waals surface area contributed by atoms with E-state index in [1.54, 1.807) is 0 Å². The van der Waals surface area contributed by atoms with Gasteiger partial charge >= 0.3 is 0 Å². The maximum Gasteiger partial charge on any atom is 0.260 e. The van der Waals surface area contributed by atoms with Crippen molar-refractivity contribution in [3.8, 4) is 11.3 Å². The van der Waals surface area contributed by atoms with Crippen LogP contribution in [0, 0.1) is 0 Å². The Kier molecular flexibility index (Phi) is 6.89. The van der Waals surface area contributed by atoms with Gasteiger partial charge < -0.3 is 9.80 Å². The summed E-state index contributed by atoms with van der Waals surface area (Å²) in [7, 11) is 2.17. The number of thiazole rings is 1. The molecule has 0 unspecified atom stereocenters. The molecule has 1 amide bonds. The van der Waals surface area contributed by atoms with Gasteiger partial charge in [-0.2, -0.15) is 0 Å². The molecule has 1 aliphatic heterocycles. The molecule has 156 valence electrons. The van der Waals surface area contributed by atoms with Crippen LogP contribution in [0.3, 0.4) is 0 Å². The van der Waals surface area contributed by atoms with Crippen LogP contribution in [-0.2, 0) is 0 Å². The number of benzene rings is 2. The molecule has 1 aromatic heterocycles. The standard InChI is InChI=1S/C24H28N4OS/c1-26-15-17-27(18-16-26)13-8-14-28(23(29)21-11-6-3-7-12-21)24-25-22(19-30-24)20-9-4-2-5-10-20/h2-7,9-12,19H,8,13-18H2,1H3. The Morgan fingerprint density at radius 1 is 1.00 bits per heavy atom. The van der Waals surface area contributed by atoms with E-state index >= 15 is 0 Å². The largest absolute Gasteiger partial charge is 0.304 e. The minimum Gasteiger partial charge on any atom is -0.304 e. The number of carbonyl (C=O) groups excluding carboxylic acids is 1. The first-order chi connectivity index (χ1) is 14.7. The predicted molar refractivity (Wildman–Crippen MR) is 124 cm³/mol. The van der Waals surface area contributed by atoms with Crippen LogP contribution in [0.5, 0.6) is 0 Å². The van der Waals surface area contributed by atoms with E-state index in [9.17, 15) is 4.79 Å². The van der Waals surface area contributed by atoms with Crippen molar-refractivity contribution >= 4 is 22.4 Å². The van der Waals surface area contributed by atoms with Gasteiger partial charge in [0.15, 0.2) is 5.13 Å². The Morgan fingerprint density at radius 2 is 1.67 bits per heavy atom. The second-order valence-corrected chi connectivity index (χ2v) is 8.54. The first-order valence-corrected chi connectivity index (χ1v) is 11.4. The van der Waals surface area contributed by atoms with Crippen molar-refractivity contribution in [3.63, 3.8) is 0 Å². The summed E-state index contributed by atoms with van der Waals surface area (Å²) in [5.74, 6) is 0.0166. The van der Waals surface area contributed by atoms with Gasteiger partial charge in [0.1, 0.15) is 0 Å². The fourth-order valence-electron chi connectivity index (χ4n) is 3.67. The van der Waals surface area contributed by atoms with Crippen molar-refractivity contribution in [2.45, 2.75) is 6.42 Å². The predicted octanol–water partition coefficient (Wildman–Crippen LogP) is 4.09. The van der Waals surface area contributed by atoms with Gasteiger partial charge in [-0.1, -0.05) is 48.5 Å². The quantitative estimate of drug-likeness (QED) is 0.577. The minimum absolute atomic E-state index is 0.0166. The summed E-state index contributed by atoms with van der Waals surface area (Å²) in [6.45, 7) is 6.08. The molecule has 0 spiro atoms. The fraction of sp³-hybridized carbons (Fsp3) is 0.333. The number of carbonyl (C=O) groups is 1. The molecule has 0 N–H and O–H groups in total. The summed E-state index contributed by atoms with van der Waals surface area (Å²) < 4.78 is 0. The molecule has 1 saturated heterocycles. The average Bonchev–Trinajstić information content (AvgIpc) is 3.29. The zero-order valence-electron chi connectivity index (χ0n) is 17.4. The Balaban J connectivity index is 1.49. The Morgan fingerprint density at radius 3 is 2.37 bits per heavy atom. The third-order valence-electron chi connectivity index (χ3n) is 5.51. The van der Waals surface area contributed by atoms with Crippen molar-refractivity contribution < 1.29 is 4.79 Å². The van der Waals surface area contributed by atoms with Crippen LogP contribution in [0.1, 0.15) is 16.8 Å². The van der Waals surface area contributed by atoms with Crippen LogP contribution in [-0.4, -0.2) is 67.0 Å². The van der Waals surface area contributed by atoms with E-state index in [-0.39, 0.29) is 5.91 Å². The normalized spacial score (nSPS) is 15.2. The van der Waals surface area contributed by atoms with Crippen molar-refractivity contribution in [1.82, 2.24) is 14.8 Å². The second-order valence-electron chi connectivity index (χ2n) is 7.70. The maximum absolute atomic E-state index is 13.3. The van der Waals surface area contributed by atoms with Crippen molar-refractivity contribution in [2.24, 2.45) is 0 Å². The summed E-state index contributed by atoms with van der Waals surface area (Å²) in [5, 5.41) is 2.80. The van der Waals surface area contributed by atoms with Gasteiger partial charge in [0.25, 0.3) is 5.91 Å². The summed E-state index contributed by atoms with van der Waals surface area (Å²) in [6.07, 6.45) is 0.933. The number of rotatable bonds is 7. The van der Waals surface area contributed by atoms with Gasteiger partial charge in [-0.25, -0.2) is 4.98 Å². The molecule has 0 saturated carbocycles. The summed E-state index contributed by atoms with van der Waals surface area (Å²) in [4.78, 5) is 24.8. The molecular formula is C24H28N4OS. The third kappa shape index (κ3) is 5.14. The molecule has 0 aliphatic carbocycles. The topological polar surface area (TPSA) is 39.7 Å². The molecule has 1 aliphatic rings. The molecule has 3 aromatic rings. The fourth-order valence-corrected chi connectivity index (χ4v) is 4.53. The maximum atomic E-state index is 13.3. The van der Waals surface area contributed by atoms with Gasteiger partial charge in [0.05, 0.1) is 5.69 Å². The summed E-state index contributed by atoms with van der Waals surface area (Å²) >= 11 is 1.54. The minimum atomic E-state index is 0.0166. The van der Waals surface area contributed by atoms with Crippen LogP contribution in [0.4, 0.5) is 5.13 Å². The van der Waals surface area contributed by atoms with E-state index in [4.69, 9.17) is 4.98 Å². The zero-order valence-corrected chi connectivity index (χ0v) is 18.2. The van der Waals surface area contributed by atoms with Crippen molar-refractivity contribution in [1.29, 1.82) is 0 Å². The van der Waals surface area contributed by atoms with E-state index in [1.807, 2.05) is 58.8 Å². The number of hydrogen-bond acceptors (Lipinski definition) is 5. The highest BCUT2D eigenvalue weighted by Crippen LogP contribution is 2.28. The number of aromatic nitrogens is 1. The van der Waals surface area contributed by atoms with Crippen LogP contribution < -0.4 is 4.90 Å². The van der Waals surface area contributed by atoms with Gasteiger partial charge in [0, 0.05) is 49.2 Å². The molecule has 30 heavy (non-hydrogen) atoms. The highest BCUT2D eigenvalue weighted by molar-refractivity contribution is 7.14. The molecule has 6 heteroatoms. The first-order valence-electron chi connectivity index (χ1n) is 10.5. The molecule has 1 fully saturated rings. The van der Waals surface area contributed by atoms with Gasteiger partial charge in [-0.05, 0) is 32.1 Å². The molecule has 2 heterocycles. The van der Waals surface area contributed by atoms with E-state index in [0.717, 1.165) is 55.5 Å². The molecular weight excluding hydrogens is 392 g/mol. The number of amides is 1. The van der Waals surface area contributed by atoms with Gasteiger partial charge in [-0.15, -0.1) is 11.3 Å². The van der Waals surface area contributed by atoms with E-state index < -0.39 is 0 Å².